The zero-order valence-corrected chi connectivity index (χ0v) is 8.46. The van der Waals surface area contributed by atoms with Crippen molar-refractivity contribution in [1.29, 1.82) is 0 Å². The van der Waals surface area contributed by atoms with E-state index in [2.05, 4.69) is 20.8 Å². The second-order valence-corrected chi connectivity index (χ2v) is 5.71. The van der Waals surface area contributed by atoms with E-state index in [-0.39, 0.29) is 0 Å². The lowest BCUT2D eigenvalue weighted by Crippen LogP contribution is -2.16. The molecule has 0 aromatic rings. The standard InChI is InChI=1S/C12H20/c1-6-7(2)10(6)4-9-5-11-8(3)12(9)11/h6-12H,4-5H2,1-3H3. The highest BCUT2D eigenvalue weighted by Gasteiger charge is 2.61. The average Bonchev–Trinajstić information content (AvgIpc) is 2.70. The van der Waals surface area contributed by atoms with Crippen molar-refractivity contribution in [3.63, 3.8) is 0 Å². The largest absolute Gasteiger partial charge is 0.0620 e. The molecule has 0 amide bonds. The summed E-state index contributed by atoms with van der Waals surface area (Å²) in [6.45, 7) is 7.32. The highest BCUT2D eigenvalue weighted by molar-refractivity contribution is 5.09. The predicted octanol–water partition coefficient (Wildman–Crippen LogP) is 3.18. The van der Waals surface area contributed by atoms with E-state index in [4.69, 9.17) is 0 Å². The second-order valence-electron chi connectivity index (χ2n) is 5.71. The van der Waals surface area contributed by atoms with Crippen LogP contribution < -0.4 is 0 Å². The summed E-state index contributed by atoms with van der Waals surface area (Å²) in [5, 5.41) is 0. The maximum atomic E-state index is 2.45. The van der Waals surface area contributed by atoms with Gasteiger partial charge >= 0.3 is 0 Å². The summed E-state index contributed by atoms with van der Waals surface area (Å²) in [5.41, 5.74) is 0. The number of hydrogen-bond acceptors (Lipinski definition) is 0. The number of fused-ring (bicyclic) bond motifs is 1. The van der Waals surface area contributed by atoms with Crippen molar-refractivity contribution >= 4 is 0 Å². The molecule has 6 unspecified atom stereocenters. The molecule has 0 nitrogen and oxygen atoms in total. The van der Waals surface area contributed by atoms with Gasteiger partial charge in [-0.3, -0.25) is 0 Å². The maximum Gasteiger partial charge on any atom is -0.0326 e. The van der Waals surface area contributed by atoms with Gasteiger partial charge < -0.3 is 0 Å². The Hall–Kier alpha value is 0. The highest BCUT2D eigenvalue weighted by atomic mass is 14.7. The van der Waals surface area contributed by atoms with Crippen LogP contribution in [0.2, 0.25) is 0 Å². The van der Waals surface area contributed by atoms with Crippen molar-refractivity contribution in [2.24, 2.45) is 41.4 Å². The fourth-order valence-corrected chi connectivity index (χ4v) is 3.84. The third-order valence-corrected chi connectivity index (χ3v) is 5.37. The summed E-state index contributed by atoms with van der Waals surface area (Å²) in [5.74, 6) is 7.85. The van der Waals surface area contributed by atoms with Crippen LogP contribution in [0, 0.1) is 41.4 Å². The van der Waals surface area contributed by atoms with E-state index < -0.39 is 0 Å². The minimum atomic E-state index is 1.05. The van der Waals surface area contributed by atoms with E-state index in [1.807, 2.05) is 0 Å². The molecule has 3 aliphatic carbocycles. The van der Waals surface area contributed by atoms with Crippen molar-refractivity contribution in [3.8, 4) is 0 Å². The molecule has 0 heteroatoms. The Morgan fingerprint density at radius 3 is 2.00 bits per heavy atom. The topological polar surface area (TPSA) is 0 Å². The molecule has 6 atom stereocenters. The van der Waals surface area contributed by atoms with Crippen LogP contribution in [0.15, 0.2) is 0 Å². The van der Waals surface area contributed by atoms with E-state index in [1.54, 1.807) is 12.8 Å². The van der Waals surface area contributed by atoms with Crippen LogP contribution in [-0.2, 0) is 0 Å². The normalized spacial score (nSPS) is 66.8. The maximum absolute atomic E-state index is 2.45. The quantitative estimate of drug-likeness (QED) is 0.588. The first-order chi connectivity index (χ1) is 5.70. The van der Waals surface area contributed by atoms with Gasteiger partial charge in [-0.25, -0.2) is 0 Å². The van der Waals surface area contributed by atoms with Gasteiger partial charge in [-0.15, -0.1) is 0 Å². The fraction of sp³-hybridized carbons (Fsp3) is 1.00. The monoisotopic (exact) mass is 164 g/mol. The lowest BCUT2D eigenvalue weighted by molar-refractivity contribution is 0.252. The van der Waals surface area contributed by atoms with Gasteiger partial charge in [0.2, 0.25) is 0 Å². The van der Waals surface area contributed by atoms with Gasteiger partial charge in [0.1, 0.15) is 0 Å². The van der Waals surface area contributed by atoms with E-state index in [0.29, 0.717) is 0 Å². The van der Waals surface area contributed by atoms with Gasteiger partial charge in [0.15, 0.2) is 0 Å². The van der Waals surface area contributed by atoms with Crippen LogP contribution in [0.5, 0.6) is 0 Å². The summed E-state index contributed by atoms with van der Waals surface area (Å²) in [7, 11) is 0. The van der Waals surface area contributed by atoms with Crippen LogP contribution >= 0.6 is 0 Å². The van der Waals surface area contributed by atoms with Gasteiger partial charge in [-0.05, 0) is 54.3 Å². The Kier molecular flexibility index (Phi) is 1.28. The zero-order valence-electron chi connectivity index (χ0n) is 8.46. The SMILES string of the molecule is CC1C(C)C1CC1CC2C(C)C12. The first kappa shape index (κ1) is 7.41. The molecule has 3 fully saturated rings. The first-order valence-electron chi connectivity index (χ1n) is 5.70. The molecule has 0 aliphatic heterocycles. The minimum Gasteiger partial charge on any atom is -0.0620 e. The number of rotatable bonds is 2. The summed E-state index contributed by atoms with van der Waals surface area (Å²) >= 11 is 0. The van der Waals surface area contributed by atoms with Crippen molar-refractivity contribution in [3.05, 3.63) is 0 Å². The molecule has 0 aromatic carbocycles. The molecule has 0 radical (unpaired) electrons. The third kappa shape index (κ3) is 0.791. The van der Waals surface area contributed by atoms with Gasteiger partial charge in [-0.2, -0.15) is 0 Å². The molecule has 0 saturated heterocycles. The molecule has 0 heterocycles. The lowest BCUT2D eigenvalue weighted by atomic mass is 9.81. The van der Waals surface area contributed by atoms with Crippen LogP contribution in [0.25, 0.3) is 0 Å². The van der Waals surface area contributed by atoms with E-state index >= 15 is 0 Å². The first-order valence-corrected chi connectivity index (χ1v) is 5.70. The molecule has 0 bridgehead atoms. The molecule has 68 valence electrons. The molecule has 3 rings (SSSR count). The van der Waals surface area contributed by atoms with Gasteiger partial charge in [0.05, 0.1) is 0 Å². The van der Waals surface area contributed by atoms with Gasteiger partial charge in [-0.1, -0.05) is 20.8 Å². The molecule has 12 heavy (non-hydrogen) atoms. The molecule has 3 saturated carbocycles. The highest BCUT2D eigenvalue weighted by Crippen LogP contribution is 2.67. The Morgan fingerprint density at radius 2 is 1.67 bits per heavy atom. The molecule has 0 spiro atoms. The van der Waals surface area contributed by atoms with Crippen molar-refractivity contribution in [2.75, 3.05) is 0 Å². The Labute approximate surface area is 75.7 Å². The van der Waals surface area contributed by atoms with E-state index in [0.717, 1.165) is 29.6 Å². The summed E-state index contributed by atoms with van der Waals surface area (Å²) in [6.07, 6.45) is 3.16. The van der Waals surface area contributed by atoms with E-state index in [1.165, 1.54) is 11.8 Å². The third-order valence-electron chi connectivity index (χ3n) is 5.37. The molecule has 0 aromatic heterocycles. The fourth-order valence-electron chi connectivity index (χ4n) is 3.84. The summed E-state index contributed by atoms with van der Waals surface area (Å²) in [6, 6.07) is 0. The van der Waals surface area contributed by atoms with Crippen molar-refractivity contribution in [1.82, 2.24) is 0 Å². The summed E-state index contributed by atoms with van der Waals surface area (Å²) in [4.78, 5) is 0. The van der Waals surface area contributed by atoms with E-state index in [9.17, 15) is 0 Å². The molecule has 3 aliphatic rings. The Balaban J connectivity index is 1.52. The second kappa shape index (κ2) is 2.08. The summed E-state index contributed by atoms with van der Waals surface area (Å²) < 4.78 is 0. The molecular formula is C12H20. The average molecular weight is 164 g/mol. The minimum absolute atomic E-state index is 1.05. The smallest absolute Gasteiger partial charge is 0.0326 e. The van der Waals surface area contributed by atoms with Gasteiger partial charge in [0.25, 0.3) is 0 Å². The Bertz CT molecular complexity index is 196. The van der Waals surface area contributed by atoms with Crippen LogP contribution in [-0.4, -0.2) is 0 Å². The number of hydrogen-bond donors (Lipinski definition) is 0. The predicted molar refractivity (Wildman–Crippen MR) is 50.7 cm³/mol. The van der Waals surface area contributed by atoms with Gasteiger partial charge in [0, 0.05) is 0 Å². The zero-order chi connectivity index (χ0) is 8.46. The molecular weight excluding hydrogens is 144 g/mol. The lowest BCUT2D eigenvalue weighted by Gasteiger charge is -2.24. The van der Waals surface area contributed by atoms with Crippen LogP contribution in [0.3, 0.4) is 0 Å². The van der Waals surface area contributed by atoms with Crippen LogP contribution in [0.4, 0.5) is 0 Å². The van der Waals surface area contributed by atoms with Crippen molar-refractivity contribution in [2.45, 2.75) is 33.6 Å². The Morgan fingerprint density at radius 1 is 1.00 bits per heavy atom. The van der Waals surface area contributed by atoms with Crippen molar-refractivity contribution < 1.29 is 0 Å². The van der Waals surface area contributed by atoms with Crippen LogP contribution in [0.1, 0.15) is 33.6 Å². The molecule has 0 N–H and O–H groups in total.